The van der Waals surface area contributed by atoms with Crippen LogP contribution < -0.4 is 4.90 Å². The highest BCUT2D eigenvalue weighted by atomic mass is 16.3. The van der Waals surface area contributed by atoms with Crippen molar-refractivity contribution in [3.63, 3.8) is 0 Å². The number of aliphatic hydroxyl groups is 1. The zero-order valence-electron chi connectivity index (χ0n) is 14.6. The molecule has 1 N–H and O–H groups in total. The van der Waals surface area contributed by atoms with Crippen molar-refractivity contribution >= 4 is 11.5 Å². The van der Waals surface area contributed by atoms with E-state index in [1.165, 1.54) is 5.56 Å². The van der Waals surface area contributed by atoms with E-state index in [0.717, 1.165) is 34.7 Å². The number of rotatable bonds is 5. The van der Waals surface area contributed by atoms with Crippen LogP contribution in [0.15, 0.2) is 73.1 Å². The summed E-state index contributed by atoms with van der Waals surface area (Å²) in [4.78, 5) is 6.69. The van der Waals surface area contributed by atoms with Gasteiger partial charge in [-0.05, 0) is 28.8 Å². The second-order valence-corrected chi connectivity index (χ2v) is 6.30. The summed E-state index contributed by atoms with van der Waals surface area (Å²) < 4.78 is 1.86. The highest BCUT2D eigenvalue weighted by Crippen LogP contribution is 2.27. The van der Waals surface area contributed by atoms with Crippen molar-refractivity contribution in [1.82, 2.24) is 14.6 Å². The van der Waals surface area contributed by atoms with Gasteiger partial charge < -0.3 is 10.0 Å². The van der Waals surface area contributed by atoms with Gasteiger partial charge >= 0.3 is 0 Å². The molecule has 0 radical (unpaired) electrons. The third-order valence-corrected chi connectivity index (χ3v) is 4.46. The molecule has 0 aliphatic rings. The van der Waals surface area contributed by atoms with Crippen LogP contribution in [0.4, 0.5) is 5.82 Å². The van der Waals surface area contributed by atoms with Crippen LogP contribution in [0.1, 0.15) is 11.1 Å². The maximum Gasteiger partial charge on any atom is 0.165 e. The van der Waals surface area contributed by atoms with E-state index in [0.29, 0.717) is 0 Å². The quantitative estimate of drug-likeness (QED) is 0.602. The Morgan fingerprint density at radius 1 is 1.00 bits per heavy atom. The fourth-order valence-corrected chi connectivity index (χ4v) is 3.15. The topological polar surface area (TPSA) is 53.7 Å². The van der Waals surface area contributed by atoms with Crippen LogP contribution in [0.5, 0.6) is 0 Å². The average molecular weight is 344 g/mol. The first-order chi connectivity index (χ1) is 12.8. The summed E-state index contributed by atoms with van der Waals surface area (Å²) in [6.07, 6.45) is 3.64. The van der Waals surface area contributed by atoms with Crippen molar-refractivity contribution in [2.75, 3.05) is 11.9 Å². The van der Waals surface area contributed by atoms with Crippen LogP contribution in [0.25, 0.3) is 16.8 Å². The number of anilines is 1. The highest BCUT2D eigenvalue weighted by Gasteiger charge is 2.13. The molecule has 0 saturated carbocycles. The smallest absolute Gasteiger partial charge is 0.165 e. The minimum atomic E-state index is 0.0194. The molecule has 4 rings (SSSR count). The number of aromatic nitrogens is 3. The average Bonchev–Trinajstić information content (AvgIpc) is 3.13. The van der Waals surface area contributed by atoms with Crippen LogP contribution in [0.3, 0.4) is 0 Å². The first-order valence-corrected chi connectivity index (χ1v) is 8.54. The lowest BCUT2D eigenvalue weighted by atomic mass is 10.1. The molecule has 5 nitrogen and oxygen atoms in total. The summed E-state index contributed by atoms with van der Waals surface area (Å²) in [5.41, 5.74) is 4.87. The third-order valence-electron chi connectivity index (χ3n) is 4.46. The number of hydrogen-bond donors (Lipinski definition) is 1. The van der Waals surface area contributed by atoms with Crippen LogP contribution in [0.2, 0.25) is 0 Å². The van der Waals surface area contributed by atoms with Gasteiger partial charge in [0.1, 0.15) is 5.82 Å². The van der Waals surface area contributed by atoms with E-state index in [1.54, 1.807) is 0 Å². The molecule has 2 aromatic carbocycles. The van der Waals surface area contributed by atoms with E-state index >= 15 is 0 Å². The zero-order valence-corrected chi connectivity index (χ0v) is 14.6. The fourth-order valence-electron chi connectivity index (χ4n) is 3.15. The van der Waals surface area contributed by atoms with E-state index in [1.807, 2.05) is 65.4 Å². The number of fused-ring (bicyclic) bond motifs is 1. The van der Waals surface area contributed by atoms with Crippen LogP contribution in [0, 0.1) is 0 Å². The SMILES string of the molecule is CN(Cc1ccccc1)c1ccnc2c(-c3cccc(CO)c3)cnn12. The normalized spacial score (nSPS) is 11.0. The van der Waals surface area contributed by atoms with E-state index in [2.05, 4.69) is 34.2 Å². The molecule has 0 saturated heterocycles. The lowest BCUT2D eigenvalue weighted by molar-refractivity contribution is 0.282. The maximum absolute atomic E-state index is 9.39. The largest absolute Gasteiger partial charge is 0.392 e. The van der Waals surface area contributed by atoms with Crippen molar-refractivity contribution < 1.29 is 5.11 Å². The Morgan fingerprint density at radius 2 is 1.81 bits per heavy atom. The summed E-state index contributed by atoms with van der Waals surface area (Å²) >= 11 is 0. The van der Waals surface area contributed by atoms with Gasteiger partial charge in [-0.2, -0.15) is 9.61 Å². The van der Waals surface area contributed by atoms with Crippen molar-refractivity contribution in [2.24, 2.45) is 0 Å². The molecule has 0 bridgehead atoms. The molecule has 0 amide bonds. The second kappa shape index (κ2) is 6.98. The summed E-state index contributed by atoms with van der Waals surface area (Å²) in [5, 5.41) is 13.9. The van der Waals surface area contributed by atoms with Gasteiger partial charge in [0.2, 0.25) is 0 Å². The molecule has 0 aliphatic heterocycles. The van der Waals surface area contributed by atoms with E-state index < -0.39 is 0 Å². The van der Waals surface area contributed by atoms with Crippen molar-refractivity contribution in [2.45, 2.75) is 13.2 Å². The van der Waals surface area contributed by atoms with Gasteiger partial charge in [-0.3, -0.25) is 0 Å². The first-order valence-electron chi connectivity index (χ1n) is 8.54. The minimum absolute atomic E-state index is 0.0194. The Balaban J connectivity index is 1.73. The van der Waals surface area contributed by atoms with Gasteiger partial charge in [-0.25, -0.2) is 4.98 Å². The first kappa shape index (κ1) is 16.3. The van der Waals surface area contributed by atoms with Crippen molar-refractivity contribution in [3.8, 4) is 11.1 Å². The van der Waals surface area contributed by atoms with Gasteiger partial charge in [-0.15, -0.1) is 0 Å². The molecular weight excluding hydrogens is 324 g/mol. The Bertz CT molecular complexity index is 1030. The number of nitrogens with zero attached hydrogens (tertiary/aromatic N) is 4. The van der Waals surface area contributed by atoms with Gasteiger partial charge in [0.25, 0.3) is 0 Å². The second-order valence-electron chi connectivity index (χ2n) is 6.30. The highest BCUT2D eigenvalue weighted by molar-refractivity contribution is 5.78. The lowest BCUT2D eigenvalue weighted by Crippen LogP contribution is -2.19. The number of aliphatic hydroxyl groups excluding tert-OH is 1. The number of benzene rings is 2. The predicted octanol–water partition coefficient (Wildman–Crippen LogP) is 3.53. The summed E-state index contributed by atoms with van der Waals surface area (Å²) in [6, 6.07) is 20.1. The van der Waals surface area contributed by atoms with Gasteiger partial charge in [-0.1, -0.05) is 48.5 Å². The molecule has 5 heteroatoms. The molecular formula is C21H20N4O. The van der Waals surface area contributed by atoms with Crippen LogP contribution in [-0.4, -0.2) is 26.8 Å². The fraction of sp³-hybridized carbons (Fsp3) is 0.143. The van der Waals surface area contributed by atoms with Crippen molar-refractivity contribution in [1.29, 1.82) is 0 Å². The third kappa shape index (κ3) is 3.05. The van der Waals surface area contributed by atoms with E-state index in [4.69, 9.17) is 0 Å². The van der Waals surface area contributed by atoms with E-state index in [-0.39, 0.29) is 6.61 Å². The molecule has 4 aromatic rings. The van der Waals surface area contributed by atoms with Gasteiger partial charge in [0.15, 0.2) is 5.65 Å². The zero-order chi connectivity index (χ0) is 17.9. The Kier molecular flexibility index (Phi) is 4.37. The van der Waals surface area contributed by atoms with Gasteiger partial charge in [0, 0.05) is 25.4 Å². The molecule has 0 fully saturated rings. The Labute approximate surface area is 152 Å². The van der Waals surface area contributed by atoms with E-state index in [9.17, 15) is 5.11 Å². The molecule has 130 valence electrons. The molecule has 0 unspecified atom stereocenters. The molecule has 0 spiro atoms. The molecule has 0 aliphatic carbocycles. The van der Waals surface area contributed by atoms with Crippen LogP contribution in [-0.2, 0) is 13.2 Å². The van der Waals surface area contributed by atoms with Crippen molar-refractivity contribution in [3.05, 3.63) is 84.2 Å². The summed E-state index contributed by atoms with van der Waals surface area (Å²) in [5.74, 6) is 0.975. The monoisotopic (exact) mass is 344 g/mol. The summed E-state index contributed by atoms with van der Waals surface area (Å²) in [6.45, 7) is 0.806. The maximum atomic E-state index is 9.39. The Hall–Kier alpha value is -3.18. The summed E-state index contributed by atoms with van der Waals surface area (Å²) in [7, 11) is 2.05. The number of hydrogen-bond acceptors (Lipinski definition) is 4. The standard InChI is InChI=1S/C21H20N4O/c1-24(14-16-6-3-2-4-7-16)20-10-11-22-21-19(13-23-25(20)21)18-9-5-8-17(12-18)15-26/h2-13,26H,14-15H2,1H3. The lowest BCUT2D eigenvalue weighted by Gasteiger charge is -2.20. The molecule has 26 heavy (non-hydrogen) atoms. The van der Waals surface area contributed by atoms with Gasteiger partial charge in [0.05, 0.1) is 12.8 Å². The molecule has 0 atom stereocenters. The minimum Gasteiger partial charge on any atom is -0.392 e. The Morgan fingerprint density at radius 3 is 2.62 bits per heavy atom. The molecule has 2 heterocycles. The molecule has 2 aromatic heterocycles. The predicted molar refractivity (Wildman–Crippen MR) is 103 cm³/mol. The van der Waals surface area contributed by atoms with Crippen LogP contribution >= 0.6 is 0 Å².